The molecule has 1 aliphatic carbocycles. The maximum atomic E-state index is 8.39. The molecule has 1 atom stereocenters. The Kier molecular flexibility index (Phi) is 4.02. The summed E-state index contributed by atoms with van der Waals surface area (Å²) in [5.74, 6) is 1.17. The van der Waals surface area contributed by atoms with Crippen LogP contribution in [-0.2, 0) is 0 Å². The van der Waals surface area contributed by atoms with Crippen molar-refractivity contribution in [2.75, 3.05) is 6.54 Å². The van der Waals surface area contributed by atoms with Crippen molar-refractivity contribution in [3.8, 4) is 0 Å². The third-order valence-electron chi connectivity index (χ3n) is 2.79. The van der Waals surface area contributed by atoms with Crippen molar-refractivity contribution in [3.63, 3.8) is 0 Å². The molecule has 0 aliphatic heterocycles. The van der Waals surface area contributed by atoms with Gasteiger partial charge in [0.25, 0.3) is 0 Å². The molecule has 0 radical (unpaired) electrons. The van der Waals surface area contributed by atoms with E-state index in [1.54, 1.807) is 0 Å². The first kappa shape index (κ1) is 10.3. The van der Waals surface area contributed by atoms with Crippen LogP contribution in [0.1, 0.15) is 32.6 Å². The summed E-state index contributed by atoms with van der Waals surface area (Å²) in [7, 11) is 0. The fraction of sp³-hybridized carbons (Fsp3) is 0.889. The topological polar surface area (TPSA) is 70.6 Å². The second kappa shape index (κ2) is 5.07. The summed E-state index contributed by atoms with van der Waals surface area (Å²) in [6.07, 6.45) is 5.35. The van der Waals surface area contributed by atoms with Crippen molar-refractivity contribution in [2.24, 2.45) is 16.8 Å². The van der Waals surface area contributed by atoms with Crippen molar-refractivity contribution >= 4 is 5.84 Å². The number of nitrogens with zero attached hydrogens (tertiary/aromatic N) is 1. The number of oxime groups is 1. The monoisotopic (exact) mass is 185 g/mol. The van der Waals surface area contributed by atoms with E-state index in [0.29, 0.717) is 0 Å². The first-order valence-corrected chi connectivity index (χ1v) is 4.95. The zero-order valence-electron chi connectivity index (χ0n) is 8.16. The van der Waals surface area contributed by atoms with Crippen LogP contribution in [-0.4, -0.2) is 23.6 Å². The molecule has 1 rings (SSSR count). The molecular weight excluding hydrogens is 166 g/mol. The lowest BCUT2D eigenvalue weighted by Crippen LogP contribution is -2.40. The van der Waals surface area contributed by atoms with Crippen LogP contribution < -0.4 is 11.1 Å². The van der Waals surface area contributed by atoms with Gasteiger partial charge in [0, 0.05) is 0 Å². The van der Waals surface area contributed by atoms with Crippen molar-refractivity contribution in [1.29, 1.82) is 0 Å². The third-order valence-corrected chi connectivity index (χ3v) is 2.79. The molecule has 4 heteroatoms. The molecule has 1 fully saturated rings. The molecule has 1 aliphatic rings. The Morgan fingerprint density at radius 2 is 2.38 bits per heavy atom. The Bertz CT molecular complexity index is 178. The summed E-state index contributed by atoms with van der Waals surface area (Å²) in [6, 6.07) is -0.0231. The number of hydrogen-bond donors (Lipinski definition) is 3. The molecule has 0 aromatic rings. The van der Waals surface area contributed by atoms with Gasteiger partial charge in [0.1, 0.15) is 0 Å². The quantitative estimate of drug-likeness (QED) is 0.258. The molecule has 0 bridgehead atoms. The first-order chi connectivity index (χ1) is 6.24. The second-order valence-corrected chi connectivity index (χ2v) is 3.79. The van der Waals surface area contributed by atoms with Crippen molar-refractivity contribution < 1.29 is 5.21 Å². The summed E-state index contributed by atoms with van der Waals surface area (Å²) in [5, 5.41) is 14.6. The zero-order valence-corrected chi connectivity index (χ0v) is 8.16. The number of nitrogens with one attached hydrogen (secondary N) is 1. The van der Waals surface area contributed by atoms with E-state index < -0.39 is 0 Å². The molecular formula is C9H19N3O. The normalized spacial score (nSPS) is 21.2. The molecule has 76 valence electrons. The highest BCUT2D eigenvalue weighted by Crippen LogP contribution is 2.28. The highest BCUT2D eigenvalue weighted by atomic mass is 16.4. The highest BCUT2D eigenvalue weighted by Gasteiger charge is 2.17. The maximum absolute atomic E-state index is 8.39. The van der Waals surface area contributed by atoms with E-state index >= 15 is 0 Å². The summed E-state index contributed by atoms with van der Waals surface area (Å²) in [6.45, 7) is 2.86. The van der Waals surface area contributed by atoms with E-state index in [1.807, 2.05) is 6.92 Å². The molecule has 13 heavy (non-hydrogen) atoms. The van der Waals surface area contributed by atoms with Crippen LogP contribution in [0.5, 0.6) is 0 Å². The van der Waals surface area contributed by atoms with Gasteiger partial charge in [-0.3, -0.25) is 0 Å². The minimum atomic E-state index is -0.0231. The average Bonchev–Trinajstić information content (AvgIpc) is 2.07. The lowest BCUT2D eigenvalue weighted by atomic mass is 9.83. The van der Waals surface area contributed by atoms with Crippen LogP contribution in [0.25, 0.3) is 0 Å². The molecule has 0 aromatic heterocycles. The Labute approximate surface area is 79.2 Å². The molecule has 0 heterocycles. The number of nitrogens with two attached hydrogens (primary N) is 1. The summed E-state index contributed by atoms with van der Waals surface area (Å²) in [4.78, 5) is 0. The minimum Gasteiger partial charge on any atom is -0.409 e. The molecule has 4 N–H and O–H groups in total. The standard InChI is InChI=1S/C9H19N3O/c1-7(9(10)12-13)11-6-5-8-3-2-4-8/h7-8,11,13H,2-6H2,1H3,(H2,10,12). The molecule has 0 saturated heterocycles. The Morgan fingerprint density at radius 1 is 1.69 bits per heavy atom. The lowest BCUT2D eigenvalue weighted by Gasteiger charge is -2.25. The second-order valence-electron chi connectivity index (χ2n) is 3.79. The van der Waals surface area contributed by atoms with Crippen molar-refractivity contribution in [2.45, 2.75) is 38.6 Å². The van der Waals surface area contributed by atoms with E-state index in [2.05, 4.69) is 10.5 Å². The largest absolute Gasteiger partial charge is 0.409 e. The lowest BCUT2D eigenvalue weighted by molar-refractivity contribution is 0.290. The maximum Gasteiger partial charge on any atom is 0.156 e. The summed E-state index contributed by atoms with van der Waals surface area (Å²) in [5.41, 5.74) is 5.42. The molecule has 1 unspecified atom stereocenters. The van der Waals surface area contributed by atoms with Gasteiger partial charge >= 0.3 is 0 Å². The predicted molar refractivity (Wildman–Crippen MR) is 52.8 cm³/mol. The van der Waals surface area contributed by atoms with Gasteiger partial charge in [-0.2, -0.15) is 0 Å². The van der Waals surface area contributed by atoms with Crippen molar-refractivity contribution in [1.82, 2.24) is 5.32 Å². The molecule has 0 amide bonds. The van der Waals surface area contributed by atoms with E-state index in [9.17, 15) is 0 Å². The minimum absolute atomic E-state index is 0.0231. The van der Waals surface area contributed by atoms with Crippen LogP contribution in [0.3, 0.4) is 0 Å². The number of amidine groups is 1. The molecule has 1 saturated carbocycles. The van der Waals surface area contributed by atoms with Gasteiger partial charge in [-0.1, -0.05) is 24.4 Å². The van der Waals surface area contributed by atoms with E-state index in [4.69, 9.17) is 10.9 Å². The van der Waals surface area contributed by atoms with Gasteiger partial charge in [0.15, 0.2) is 5.84 Å². The smallest absolute Gasteiger partial charge is 0.156 e. The van der Waals surface area contributed by atoms with Gasteiger partial charge in [-0.05, 0) is 25.8 Å². The summed E-state index contributed by atoms with van der Waals surface area (Å²) >= 11 is 0. The van der Waals surface area contributed by atoms with E-state index in [-0.39, 0.29) is 11.9 Å². The Morgan fingerprint density at radius 3 is 2.85 bits per heavy atom. The predicted octanol–water partition coefficient (Wildman–Crippen LogP) is 0.901. The van der Waals surface area contributed by atoms with E-state index in [1.165, 1.54) is 25.7 Å². The molecule has 0 aromatic carbocycles. The number of hydrogen-bond acceptors (Lipinski definition) is 3. The first-order valence-electron chi connectivity index (χ1n) is 4.95. The fourth-order valence-corrected chi connectivity index (χ4v) is 1.48. The van der Waals surface area contributed by atoms with Gasteiger partial charge < -0.3 is 16.3 Å². The molecule has 4 nitrogen and oxygen atoms in total. The van der Waals surface area contributed by atoms with Crippen LogP contribution in [0.2, 0.25) is 0 Å². The van der Waals surface area contributed by atoms with Gasteiger partial charge in [-0.15, -0.1) is 0 Å². The number of rotatable bonds is 5. The van der Waals surface area contributed by atoms with Gasteiger partial charge in [0.2, 0.25) is 0 Å². The Hall–Kier alpha value is -0.770. The fourth-order valence-electron chi connectivity index (χ4n) is 1.48. The van der Waals surface area contributed by atoms with Gasteiger partial charge in [-0.25, -0.2) is 0 Å². The average molecular weight is 185 g/mol. The zero-order chi connectivity index (χ0) is 9.68. The van der Waals surface area contributed by atoms with E-state index in [0.717, 1.165) is 12.5 Å². The Balaban J connectivity index is 2.04. The van der Waals surface area contributed by atoms with Crippen LogP contribution >= 0.6 is 0 Å². The molecule has 0 spiro atoms. The van der Waals surface area contributed by atoms with Crippen molar-refractivity contribution in [3.05, 3.63) is 0 Å². The SMILES string of the molecule is CC(NCCC1CCC1)C(N)=NO. The third kappa shape index (κ3) is 3.22. The van der Waals surface area contributed by atoms with Crippen LogP contribution in [0, 0.1) is 5.92 Å². The van der Waals surface area contributed by atoms with Crippen LogP contribution in [0.15, 0.2) is 5.16 Å². The highest BCUT2D eigenvalue weighted by molar-refractivity contribution is 5.84. The van der Waals surface area contributed by atoms with Crippen LogP contribution in [0.4, 0.5) is 0 Å². The van der Waals surface area contributed by atoms with Gasteiger partial charge in [0.05, 0.1) is 6.04 Å². The summed E-state index contributed by atoms with van der Waals surface area (Å²) < 4.78 is 0.